The average Bonchev–Trinajstić information content (AvgIpc) is 2.13. The van der Waals surface area contributed by atoms with Crippen molar-refractivity contribution in [1.29, 1.82) is 0 Å². The molecule has 0 aromatic heterocycles. The first-order valence-electron chi connectivity index (χ1n) is 5.73. The Morgan fingerprint density at radius 2 is 1.94 bits per heavy atom. The Morgan fingerprint density at radius 3 is 2.41 bits per heavy atom. The third-order valence-corrected chi connectivity index (χ3v) is 2.47. The zero-order chi connectivity index (χ0) is 13.2. The van der Waals surface area contributed by atoms with Crippen molar-refractivity contribution in [2.75, 3.05) is 18.5 Å². The standard InChI is InChI=1S/C14H20FNO/c1-10(17)13-11(15)7-6-8-12(13)16(5)9-14(2,3)4/h6-8H,9H2,1-5H3. The molecule has 0 spiro atoms. The molecule has 0 fully saturated rings. The molecule has 0 N–H and O–H groups in total. The molecule has 0 aliphatic rings. The van der Waals surface area contributed by atoms with Crippen LogP contribution in [0.3, 0.4) is 0 Å². The Hall–Kier alpha value is -1.38. The number of anilines is 1. The highest BCUT2D eigenvalue weighted by molar-refractivity contribution is 6.00. The van der Waals surface area contributed by atoms with Crippen molar-refractivity contribution in [3.05, 3.63) is 29.6 Å². The summed E-state index contributed by atoms with van der Waals surface area (Å²) >= 11 is 0. The Bertz CT molecular complexity index is 421. The van der Waals surface area contributed by atoms with E-state index in [-0.39, 0.29) is 16.8 Å². The molecule has 2 nitrogen and oxygen atoms in total. The lowest BCUT2D eigenvalue weighted by Gasteiger charge is -2.29. The van der Waals surface area contributed by atoms with Crippen LogP contribution in [-0.4, -0.2) is 19.4 Å². The van der Waals surface area contributed by atoms with Crippen molar-refractivity contribution in [2.24, 2.45) is 5.41 Å². The van der Waals surface area contributed by atoms with E-state index in [0.717, 1.165) is 6.54 Å². The summed E-state index contributed by atoms with van der Waals surface area (Å²) in [6.07, 6.45) is 0. The maximum atomic E-state index is 13.6. The smallest absolute Gasteiger partial charge is 0.164 e. The van der Waals surface area contributed by atoms with Crippen molar-refractivity contribution in [3.63, 3.8) is 0 Å². The van der Waals surface area contributed by atoms with Crippen molar-refractivity contribution in [3.8, 4) is 0 Å². The third-order valence-electron chi connectivity index (χ3n) is 2.47. The summed E-state index contributed by atoms with van der Waals surface area (Å²) in [6.45, 7) is 8.48. The van der Waals surface area contributed by atoms with Crippen LogP contribution in [0.1, 0.15) is 38.1 Å². The summed E-state index contributed by atoms with van der Waals surface area (Å²) in [5.74, 6) is -0.686. The van der Waals surface area contributed by atoms with Crippen LogP contribution in [0, 0.1) is 11.2 Å². The van der Waals surface area contributed by atoms with Crippen LogP contribution < -0.4 is 4.90 Å². The van der Waals surface area contributed by atoms with Crippen LogP contribution in [-0.2, 0) is 0 Å². The maximum absolute atomic E-state index is 13.6. The minimum absolute atomic E-state index is 0.0924. The summed E-state index contributed by atoms with van der Waals surface area (Å²) < 4.78 is 13.6. The number of hydrogen-bond donors (Lipinski definition) is 0. The van der Waals surface area contributed by atoms with Gasteiger partial charge < -0.3 is 4.90 Å². The molecule has 0 bridgehead atoms. The normalized spacial score (nSPS) is 11.4. The minimum atomic E-state index is -0.448. The van der Waals surface area contributed by atoms with Gasteiger partial charge in [0.1, 0.15) is 5.82 Å². The SMILES string of the molecule is CC(=O)c1c(F)cccc1N(C)CC(C)(C)C. The van der Waals surface area contributed by atoms with Crippen molar-refractivity contribution >= 4 is 11.5 Å². The molecule has 0 radical (unpaired) electrons. The lowest BCUT2D eigenvalue weighted by atomic mass is 9.95. The number of hydrogen-bond acceptors (Lipinski definition) is 2. The van der Waals surface area contributed by atoms with E-state index in [0.29, 0.717) is 5.69 Å². The van der Waals surface area contributed by atoms with E-state index in [9.17, 15) is 9.18 Å². The number of benzene rings is 1. The van der Waals surface area contributed by atoms with Crippen LogP contribution in [0.5, 0.6) is 0 Å². The molecule has 1 aromatic carbocycles. The second-order valence-electron chi connectivity index (χ2n) is 5.61. The molecule has 94 valence electrons. The van der Waals surface area contributed by atoms with Crippen molar-refractivity contribution in [1.82, 2.24) is 0 Å². The fraction of sp³-hybridized carbons (Fsp3) is 0.500. The van der Waals surface area contributed by atoms with Crippen LogP contribution in [0.2, 0.25) is 0 Å². The van der Waals surface area contributed by atoms with Crippen LogP contribution in [0.4, 0.5) is 10.1 Å². The number of Topliss-reactive ketones (excluding diaryl/α,β-unsaturated/α-hetero) is 1. The second-order valence-corrected chi connectivity index (χ2v) is 5.61. The average molecular weight is 237 g/mol. The second kappa shape index (κ2) is 4.86. The highest BCUT2D eigenvalue weighted by atomic mass is 19.1. The lowest BCUT2D eigenvalue weighted by molar-refractivity contribution is 0.101. The van der Waals surface area contributed by atoms with E-state index in [2.05, 4.69) is 20.8 Å². The lowest BCUT2D eigenvalue weighted by Crippen LogP contribution is -2.30. The molecule has 0 aliphatic carbocycles. The van der Waals surface area contributed by atoms with E-state index < -0.39 is 5.82 Å². The summed E-state index contributed by atoms with van der Waals surface area (Å²) in [5, 5.41) is 0. The molecule has 3 heteroatoms. The van der Waals surface area contributed by atoms with Gasteiger partial charge in [-0.15, -0.1) is 0 Å². The molecular weight excluding hydrogens is 217 g/mol. The molecular formula is C14H20FNO. The van der Waals surface area contributed by atoms with Gasteiger partial charge in [-0.2, -0.15) is 0 Å². The highest BCUT2D eigenvalue weighted by Crippen LogP contribution is 2.26. The quantitative estimate of drug-likeness (QED) is 0.750. The molecule has 0 amide bonds. The first-order valence-corrected chi connectivity index (χ1v) is 5.73. The number of halogens is 1. The first-order chi connectivity index (χ1) is 7.72. The number of carbonyl (C=O) groups is 1. The molecule has 17 heavy (non-hydrogen) atoms. The highest BCUT2D eigenvalue weighted by Gasteiger charge is 2.19. The molecule has 0 unspecified atom stereocenters. The van der Waals surface area contributed by atoms with E-state index in [1.807, 2.05) is 11.9 Å². The van der Waals surface area contributed by atoms with Crippen molar-refractivity contribution in [2.45, 2.75) is 27.7 Å². The van der Waals surface area contributed by atoms with Gasteiger partial charge in [0.2, 0.25) is 0 Å². The Kier molecular flexibility index (Phi) is 3.91. The van der Waals surface area contributed by atoms with E-state index in [1.165, 1.54) is 13.0 Å². The van der Waals surface area contributed by atoms with Crippen molar-refractivity contribution < 1.29 is 9.18 Å². The minimum Gasteiger partial charge on any atom is -0.373 e. The number of rotatable bonds is 3. The van der Waals surface area contributed by atoms with Gasteiger partial charge in [0.05, 0.1) is 11.3 Å². The summed E-state index contributed by atoms with van der Waals surface area (Å²) in [6, 6.07) is 4.74. The third kappa shape index (κ3) is 3.55. The Balaban J connectivity index is 3.13. The van der Waals surface area contributed by atoms with Gasteiger partial charge in [-0.05, 0) is 24.5 Å². The van der Waals surface area contributed by atoms with Gasteiger partial charge in [0, 0.05) is 13.6 Å². The van der Waals surface area contributed by atoms with Crippen LogP contribution in [0.15, 0.2) is 18.2 Å². The molecule has 0 saturated heterocycles. The molecule has 1 aromatic rings. The molecule has 0 heterocycles. The summed E-state index contributed by atoms with van der Waals surface area (Å²) in [5.41, 5.74) is 0.932. The number of nitrogens with zero attached hydrogens (tertiary/aromatic N) is 1. The van der Waals surface area contributed by atoms with Gasteiger partial charge in [-0.1, -0.05) is 26.8 Å². The topological polar surface area (TPSA) is 20.3 Å². The zero-order valence-corrected chi connectivity index (χ0v) is 11.2. The van der Waals surface area contributed by atoms with E-state index in [1.54, 1.807) is 12.1 Å². The van der Waals surface area contributed by atoms with Crippen LogP contribution in [0.25, 0.3) is 0 Å². The Morgan fingerprint density at radius 1 is 1.35 bits per heavy atom. The molecule has 0 saturated carbocycles. The fourth-order valence-electron chi connectivity index (χ4n) is 1.98. The summed E-state index contributed by atoms with van der Waals surface area (Å²) in [4.78, 5) is 13.4. The maximum Gasteiger partial charge on any atom is 0.164 e. The predicted octanol–water partition coefficient (Wildman–Crippen LogP) is 3.51. The fourth-order valence-corrected chi connectivity index (χ4v) is 1.98. The van der Waals surface area contributed by atoms with Gasteiger partial charge in [-0.3, -0.25) is 4.79 Å². The Labute approximate surface area is 102 Å². The molecule has 0 aliphatic heterocycles. The van der Waals surface area contributed by atoms with Crippen LogP contribution >= 0.6 is 0 Å². The van der Waals surface area contributed by atoms with Gasteiger partial charge >= 0.3 is 0 Å². The number of carbonyl (C=O) groups excluding carboxylic acids is 1. The van der Waals surface area contributed by atoms with E-state index >= 15 is 0 Å². The summed E-state index contributed by atoms with van der Waals surface area (Å²) in [7, 11) is 1.88. The van der Waals surface area contributed by atoms with Gasteiger partial charge in [-0.25, -0.2) is 4.39 Å². The van der Waals surface area contributed by atoms with Gasteiger partial charge in [0.25, 0.3) is 0 Å². The monoisotopic (exact) mass is 237 g/mol. The predicted molar refractivity (Wildman–Crippen MR) is 69.1 cm³/mol. The van der Waals surface area contributed by atoms with E-state index in [4.69, 9.17) is 0 Å². The largest absolute Gasteiger partial charge is 0.373 e. The molecule has 0 atom stereocenters. The number of ketones is 1. The molecule has 1 rings (SSSR count). The zero-order valence-electron chi connectivity index (χ0n) is 11.2. The van der Waals surface area contributed by atoms with Gasteiger partial charge in [0.15, 0.2) is 5.78 Å². The first kappa shape index (κ1) is 13.7.